The molecule has 1 atom stereocenters. The summed E-state index contributed by atoms with van der Waals surface area (Å²) in [4.78, 5) is 11.2. The van der Waals surface area contributed by atoms with Crippen LogP contribution in [0, 0.1) is 12.3 Å². The van der Waals surface area contributed by atoms with Crippen molar-refractivity contribution in [3.63, 3.8) is 0 Å². The first-order chi connectivity index (χ1) is 7.17. The van der Waals surface area contributed by atoms with E-state index in [0.717, 1.165) is 11.3 Å². The molecule has 0 fully saturated rings. The normalized spacial score (nSPS) is 11.5. The molecule has 0 aliphatic rings. The largest absolute Gasteiger partial charge is 0.461 e. The molecule has 6 heteroatoms. The van der Waals surface area contributed by atoms with Crippen molar-refractivity contribution in [2.75, 3.05) is 6.61 Å². The number of carbonyl (C=O) groups is 1. The van der Waals surface area contributed by atoms with Crippen molar-refractivity contribution in [2.45, 2.75) is 20.0 Å². The second-order valence-electron chi connectivity index (χ2n) is 2.52. The predicted molar refractivity (Wildman–Crippen MR) is 54.8 cm³/mol. The van der Waals surface area contributed by atoms with Crippen molar-refractivity contribution < 1.29 is 14.3 Å². The lowest BCUT2D eigenvalue weighted by molar-refractivity contribution is 0.0525. The fourth-order valence-electron chi connectivity index (χ4n) is 0.718. The van der Waals surface area contributed by atoms with Crippen LogP contribution in [0.25, 0.3) is 0 Å². The Morgan fingerprint density at radius 2 is 2.40 bits per heavy atom. The average Bonchev–Trinajstić information content (AvgIpc) is 2.66. The molecular formula is C9H10N2O3S. The van der Waals surface area contributed by atoms with Crippen molar-refractivity contribution in [3.8, 4) is 17.5 Å². The molecule has 0 N–H and O–H groups in total. The van der Waals surface area contributed by atoms with Gasteiger partial charge in [0.15, 0.2) is 6.10 Å². The Balaban J connectivity index is 2.64. The molecule has 1 aromatic rings. The lowest BCUT2D eigenvalue weighted by Crippen LogP contribution is -2.07. The van der Waals surface area contributed by atoms with Crippen LogP contribution < -0.4 is 4.74 Å². The van der Waals surface area contributed by atoms with Gasteiger partial charge in [-0.3, -0.25) is 0 Å². The number of rotatable bonds is 4. The minimum atomic E-state index is -0.502. The Bertz CT molecular complexity index is 383. The molecule has 0 saturated heterocycles. The number of hydrogen-bond acceptors (Lipinski definition) is 6. The Hall–Kier alpha value is -1.61. The monoisotopic (exact) mass is 226 g/mol. The van der Waals surface area contributed by atoms with Crippen LogP contribution in [0.3, 0.4) is 0 Å². The second kappa shape index (κ2) is 5.32. The number of terminal acetylenes is 1. The van der Waals surface area contributed by atoms with Gasteiger partial charge in [0, 0.05) is 0 Å². The molecule has 0 amide bonds. The van der Waals surface area contributed by atoms with E-state index in [9.17, 15) is 4.79 Å². The third-order valence-corrected chi connectivity index (χ3v) is 2.16. The quantitative estimate of drug-likeness (QED) is 0.568. The minimum Gasteiger partial charge on any atom is -0.461 e. The molecule has 5 nitrogen and oxygen atoms in total. The maximum Gasteiger partial charge on any atom is 0.369 e. The van der Waals surface area contributed by atoms with Crippen molar-refractivity contribution >= 4 is 17.3 Å². The topological polar surface area (TPSA) is 61.3 Å². The van der Waals surface area contributed by atoms with Gasteiger partial charge < -0.3 is 9.47 Å². The molecule has 0 bridgehead atoms. The van der Waals surface area contributed by atoms with Crippen LogP contribution in [0.15, 0.2) is 0 Å². The van der Waals surface area contributed by atoms with Crippen molar-refractivity contribution in [1.29, 1.82) is 0 Å². The lowest BCUT2D eigenvalue weighted by atomic mass is 10.4. The highest BCUT2D eigenvalue weighted by Crippen LogP contribution is 2.19. The smallest absolute Gasteiger partial charge is 0.369 e. The first kappa shape index (κ1) is 11.5. The maximum absolute atomic E-state index is 11.2. The SMILES string of the molecule is C#CC(C)Oc1nnc(C(=O)OCC)s1. The van der Waals surface area contributed by atoms with Crippen LogP contribution in [0.1, 0.15) is 23.6 Å². The summed E-state index contributed by atoms with van der Waals surface area (Å²) in [5.74, 6) is 1.88. The van der Waals surface area contributed by atoms with Crippen molar-refractivity contribution in [3.05, 3.63) is 5.01 Å². The first-order valence-corrected chi connectivity index (χ1v) is 5.12. The zero-order chi connectivity index (χ0) is 11.3. The van der Waals surface area contributed by atoms with E-state index in [1.807, 2.05) is 0 Å². The molecular weight excluding hydrogens is 216 g/mol. The summed E-state index contributed by atoms with van der Waals surface area (Å²) in [5.41, 5.74) is 0. The molecule has 0 saturated carbocycles. The molecule has 1 heterocycles. The summed E-state index contributed by atoms with van der Waals surface area (Å²) >= 11 is 1.01. The third kappa shape index (κ3) is 3.22. The highest BCUT2D eigenvalue weighted by molar-refractivity contribution is 7.14. The molecule has 0 aliphatic heterocycles. The van der Waals surface area contributed by atoms with Crippen LogP contribution in [0.5, 0.6) is 5.19 Å². The average molecular weight is 226 g/mol. The second-order valence-corrected chi connectivity index (χ2v) is 3.46. The fourth-order valence-corrected chi connectivity index (χ4v) is 1.38. The summed E-state index contributed by atoms with van der Waals surface area (Å²) < 4.78 is 9.92. The van der Waals surface area contributed by atoms with E-state index in [0.29, 0.717) is 6.61 Å². The Labute approximate surface area is 91.4 Å². The van der Waals surface area contributed by atoms with Crippen LogP contribution in [-0.2, 0) is 4.74 Å². The molecule has 0 radical (unpaired) electrons. The zero-order valence-corrected chi connectivity index (χ0v) is 9.21. The van der Waals surface area contributed by atoms with Crippen molar-refractivity contribution in [2.24, 2.45) is 0 Å². The van der Waals surface area contributed by atoms with Gasteiger partial charge in [-0.25, -0.2) is 4.79 Å². The van der Waals surface area contributed by atoms with Crippen molar-refractivity contribution in [1.82, 2.24) is 10.2 Å². The van der Waals surface area contributed by atoms with Gasteiger partial charge in [0.05, 0.1) is 6.61 Å². The van der Waals surface area contributed by atoms with Gasteiger partial charge >= 0.3 is 5.97 Å². The van der Waals surface area contributed by atoms with Crippen LogP contribution in [0.4, 0.5) is 0 Å². The highest BCUT2D eigenvalue weighted by Gasteiger charge is 2.15. The van der Waals surface area contributed by atoms with Gasteiger partial charge in [0.1, 0.15) is 0 Å². The fraction of sp³-hybridized carbons (Fsp3) is 0.444. The molecule has 0 aliphatic carbocycles. The van der Waals surface area contributed by atoms with Crippen LogP contribution >= 0.6 is 11.3 Å². The molecule has 0 spiro atoms. The van der Waals surface area contributed by atoms with E-state index >= 15 is 0 Å². The Morgan fingerprint density at radius 3 is 3.00 bits per heavy atom. The molecule has 1 aromatic heterocycles. The zero-order valence-electron chi connectivity index (χ0n) is 8.39. The van der Waals surface area contributed by atoms with E-state index in [4.69, 9.17) is 15.9 Å². The molecule has 80 valence electrons. The van der Waals surface area contributed by atoms with Gasteiger partial charge in [-0.2, -0.15) is 0 Å². The van der Waals surface area contributed by atoms with Gasteiger partial charge in [-0.15, -0.1) is 11.5 Å². The summed E-state index contributed by atoms with van der Waals surface area (Å²) in [6.45, 7) is 3.72. The molecule has 0 aromatic carbocycles. The summed E-state index contributed by atoms with van der Waals surface area (Å²) in [6.07, 6.45) is 4.73. The molecule has 1 unspecified atom stereocenters. The van der Waals surface area contributed by atoms with E-state index in [1.54, 1.807) is 13.8 Å². The highest BCUT2D eigenvalue weighted by atomic mass is 32.1. The Kier molecular flexibility index (Phi) is 4.06. The van der Waals surface area contributed by atoms with Gasteiger partial charge in [-0.05, 0) is 25.2 Å². The van der Waals surface area contributed by atoms with Gasteiger partial charge in [-0.1, -0.05) is 11.0 Å². The van der Waals surface area contributed by atoms with E-state index in [-0.39, 0.29) is 10.2 Å². The molecule has 15 heavy (non-hydrogen) atoms. The van der Waals surface area contributed by atoms with E-state index in [1.165, 1.54) is 0 Å². The number of aromatic nitrogens is 2. The summed E-state index contributed by atoms with van der Waals surface area (Å²) in [7, 11) is 0. The van der Waals surface area contributed by atoms with Crippen LogP contribution in [-0.4, -0.2) is 28.9 Å². The summed E-state index contributed by atoms with van der Waals surface area (Å²) in [5, 5.41) is 7.71. The van der Waals surface area contributed by atoms with Crippen LogP contribution in [0.2, 0.25) is 0 Å². The van der Waals surface area contributed by atoms with E-state index in [2.05, 4.69) is 16.1 Å². The number of ether oxygens (including phenoxy) is 2. The molecule has 1 rings (SSSR count). The first-order valence-electron chi connectivity index (χ1n) is 4.30. The standard InChI is InChI=1S/C9H10N2O3S/c1-4-6(3)14-9-11-10-7(15-9)8(12)13-5-2/h1,6H,5H2,2-3H3. The number of esters is 1. The maximum atomic E-state index is 11.2. The third-order valence-electron chi connectivity index (χ3n) is 1.37. The van der Waals surface area contributed by atoms with Gasteiger partial charge in [0.25, 0.3) is 5.19 Å². The van der Waals surface area contributed by atoms with E-state index < -0.39 is 12.1 Å². The number of nitrogens with zero attached hydrogens (tertiary/aromatic N) is 2. The number of hydrogen-bond donors (Lipinski definition) is 0. The lowest BCUT2D eigenvalue weighted by Gasteiger charge is -2.02. The van der Waals surface area contributed by atoms with Gasteiger partial charge in [0.2, 0.25) is 5.01 Å². The Morgan fingerprint density at radius 1 is 1.67 bits per heavy atom. The predicted octanol–water partition coefficient (Wildman–Crippen LogP) is 1.12. The number of carbonyl (C=O) groups excluding carboxylic acids is 1. The minimum absolute atomic E-state index is 0.163. The summed E-state index contributed by atoms with van der Waals surface area (Å²) in [6, 6.07) is 0.